The molecule has 9 nitrogen and oxygen atoms in total. The molecule has 0 aliphatic rings. The number of hydrogen-bond acceptors (Lipinski definition) is 5. The predicted molar refractivity (Wildman–Crippen MR) is 97.7 cm³/mol. The molecule has 0 fully saturated rings. The Hall–Kier alpha value is -3.39. The number of aromatic amines is 2. The molecule has 2 heterocycles. The van der Waals surface area contributed by atoms with Gasteiger partial charge in [0.1, 0.15) is 11.7 Å². The van der Waals surface area contributed by atoms with Crippen molar-refractivity contribution < 1.29 is 24.3 Å². The summed E-state index contributed by atoms with van der Waals surface area (Å²) in [6.45, 7) is 0. The van der Waals surface area contributed by atoms with Crippen LogP contribution in [0.3, 0.4) is 0 Å². The van der Waals surface area contributed by atoms with Crippen LogP contribution in [0.4, 0.5) is 0 Å². The average Bonchev–Trinajstić information content (AvgIpc) is 3.23. The number of nitrogens with zero attached hydrogens (tertiary/aromatic N) is 2. The largest absolute Gasteiger partial charge is 0.384 e. The zero-order valence-corrected chi connectivity index (χ0v) is 17.1. The molecule has 10 heteroatoms. The molecule has 0 saturated heterocycles. The fourth-order valence-corrected chi connectivity index (χ4v) is 2.67. The van der Waals surface area contributed by atoms with Crippen molar-refractivity contribution >= 4 is 39.5 Å². The molecular formula is C17H14N8OZn. The Bertz CT molecular complexity index is 1130. The fourth-order valence-electron chi connectivity index (χ4n) is 2.67. The molecule has 4 rings (SSSR count). The number of H-pyrrole nitrogens is 2. The first-order valence-corrected chi connectivity index (χ1v) is 7.65. The van der Waals surface area contributed by atoms with E-state index in [0.717, 1.165) is 0 Å². The summed E-state index contributed by atoms with van der Waals surface area (Å²) < 4.78 is 0. The number of amidine groups is 2. The molecule has 0 aliphatic carbocycles. The first kappa shape index (κ1) is 18.4. The van der Waals surface area contributed by atoms with Crippen molar-refractivity contribution in [3.63, 3.8) is 0 Å². The summed E-state index contributed by atoms with van der Waals surface area (Å²) in [6.07, 6.45) is 0. The second kappa shape index (κ2) is 6.73. The van der Waals surface area contributed by atoms with E-state index >= 15 is 0 Å². The number of carbonyl (C=O) groups excluding carboxylic acids is 1. The Morgan fingerprint density at radius 1 is 0.815 bits per heavy atom. The first-order chi connectivity index (χ1) is 12.4. The van der Waals surface area contributed by atoms with Gasteiger partial charge in [0.25, 0.3) is 5.78 Å². The van der Waals surface area contributed by atoms with E-state index in [9.17, 15) is 4.79 Å². The molecule has 0 atom stereocenters. The molecule has 27 heavy (non-hydrogen) atoms. The van der Waals surface area contributed by atoms with E-state index in [1.54, 1.807) is 36.4 Å². The third-order valence-electron chi connectivity index (χ3n) is 4.02. The van der Waals surface area contributed by atoms with E-state index in [2.05, 4.69) is 19.9 Å². The first-order valence-electron chi connectivity index (χ1n) is 7.65. The van der Waals surface area contributed by atoms with Gasteiger partial charge in [-0.3, -0.25) is 15.6 Å². The summed E-state index contributed by atoms with van der Waals surface area (Å²) in [6, 6.07) is 10.1. The van der Waals surface area contributed by atoms with Crippen LogP contribution in [0.15, 0.2) is 36.4 Å². The van der Waals surface area contributed by atoms with Crippen LogP contribution in [0.5, 0.6) is 0 Å². The van der Waals surface area contributed by atoms with Gasteiger partial charge in [0, 0.05) is 30.6 Å². The molecule has 2 aromatic carbocycles. The average molecular weight is 412 g/mol. The summed E-state index contributed by atoms with van der Waals surface area (Å²) in [7, 11) is 0. The number of rotatable bonds is 4. The number of aromatic nitrogens is 4. The fraction of sp³-hybridized carbons (Fsp3) is 0. The monoisotopic (exact) mass is 410 g/mol. The SMILES string of the molecule is N=C(N)c1ccc2[nH]c(C(=O)c3nc4cc(C(=N)N)ccc4[nH]3)nc2c1.[Zn]. The zero-order chi connectivity index (χ0) is 18.4. The van der Waals surface area contributed by atoms with Gasteiger partial charge < -0.3 is 21.4 Å². The third kappa shape index (κ3) is 3.22. The standard InChI is InChI=1S/C17H14N8O.Zn/c18-14(19)7-1-3-9-11(5-7)24-16(22-9)13(26)17-23-10-4-2-8(15(20)21)6-12(10)25-17;/h1-6H,(H3,18,19)(H3,20,21)(H,22,24)(H,23,25);. The van der Waals surface area contributed by atoms with Gasteiger partial charge in [0.15, 0.2) is 11.6 Å². The van der Waals surface area contributed by atoms with Crippen molar-refractivity contribution in [2.45, 2.75) is 0 Å². The van der Waals surface area contributed by atoms with E-state index in [1.807, 2.05) is 0 Å². The van der Waals surface area contributed by atoms with Gasteiger partial charge in [-0.05, 0) is 36.4 Å². The van der Waals surface area contributed by atoms with Gasteiger partial charge in [-0.1, -0.05) is 0 Å². The smallest absolute Gasteiger partial charge is 0.263 e. The Labute approximate surface area is 165 Å². The van der Waals surface area contributed by atoms with E-state index in [-0.39, 0.29) is 42.8 Å². The summed E-state index contributed by atoms with van der Waals surface area (Å²) in [5.41, 5.74) is 14.4. The molecule has 130 valence electrons. The topological polar surface area (TPSA) is 174 Å². The van der Waals surface area contributed by atoms with Crippen LogP contribution >= 0.6 is 0 Å². The van der Waals surface area contributed by atoms with Crippen molar-refractivity contribution in [3.05, 3.63) is 59.2 Å². The summed E-state index contributed by atoms with van der Waals surface area (Å²) >= 11 is 0. The van der Waals surface area contributed by atoms with Gasteiger partial charge in [0.2, 0.25) is 0 Å². The number of imidazole rings is 2. The maximum absolute atomic E-state index is 12.7. The van der Waals surface area contributed by atoms with E-state index in [1.165, 1.54) is 0 Å². The summed E-state index contributed by atoms with van der Waals surface area (Å²) in [4.78, 5) is 27.2. The second-order valence-corrected chi connectivity index (χ2v) is 5.79. The number of fused-ring (bicyclic) bond motifs is 2. The van der Waals surface area contributed by atoms with E-state index in [4.69, 9.17) is 22.3 Å². The molecule has 0 radical (unpaired) electrons. The number of ketones is 1. The van der Waals surface area contributed by atoms with Crippen LogP contribution in [0.1, 0.15) is 27.6 Å². The maximum atomic E-state index is 12.7. The molecule has 0 amide bonds. The zero-order valence-electron chi connectivity index (χ0n) is 14.1. The molecular weight excluding hydrogens is 398 g/mol. The molecule has 4 aromatic rings. The van der Waals surface area contributed by atoms with E-state index < -0.39 is 5.78 Å². The number of nitrogens with one attached hydrogen (secondary N) is 4. The molecule has 0 saturated carbocycles. The van der Waals surface area contributed by atoms with Crippen molar-refractivity contribution in [1.82, 2.24) is 19.9 Å². The van der Waals surface area contributed by atoms with Crippen LogP contribution in [0, 0.1) is 10.8 Å². The van der Waals surface area contributed by atoms with Crippen LogP contribution < -0.4 is 11.5 Å². The third-order valence-corrected chi connectivity index (χ3v) is 4.02. The Balaban J connectivity index is 0.00000210. The summed E-state index contributed by atoms with van der Waals surface area (Å²) in [5, 5.41) is 15.0. The Morgan fingerprint density at radius 3 is 1.59 bits per heavy atom. The van der Waals surface area contributed by atoms with Gasteiger partial charge in [-0.15, -0.1) is 0 Å². The minimum absolute atomic E-state index is 0. The van der Waals surface area contributed by atoms with Gasteiger partial charge in [-0.25, -0.2) is 9.97 Å². The Morgan fingerprint density at radius 2 is 1.22 bits per heavy atom. The number of nitrogens with two attached hydrogens (primary N) is 2. The molecule has 2 aromatic heterocycles. The molecule has 8 N–H and O–H groups in total. The molecule has 0 unspecified atom stereocenters. The normalized spacial score (nSPS) is 10.7. The van der Waals surface area contributed by atoms with Crippen molar-refractivity contribution in [1.29, 1.82) is 10.8 Å². The minimum atomic E-state index is -0.397. The van der Waals surface area contributed by atoms with Crippen LogP contribution in [0.2, 0.25) is 0 Å². The van der Waals surface area contributed by atoms with Crippen LogP contribution in [-0.2, 0) is 19.5 Å². The quantitative estimate of drug-likeness (QED) is 0.128. The van der Waals surface area contributed by atoms with E-state index in [0.29, 0.717) is 33.2 Å². The number of carbonyl (C=O) groups is 1. The van der Waals surface area contributed by atoms with Crippen LogP contribution in [0.25, 0.3) is 22.1 Å². The number of benzene rings is 2. The van der Waals surface area contributed by atoms with Gasteiger partial charge in [-0.2, -0.15) is 0 Å². The van der Waals surface area contributed by atoms with Gasteiger partial charge in [0.05, 0.1) is 22.1 Å². The number of nitrogen functional groups attached to an aromatic ring is 2. The molecule has 0 aliphatic heterocycles. The molecule has 0 bridgehead atoms. The Kier molecular flexibility index (Phi) is 4.59. The van der Waals surface area contributed by atoms with Crippen molar-refractivity contribution in [2.24, 2.45) is 11.5 Å². The van der Waals surface area contributed by atoms with Gasteiger partial charge >= 0.3 is 0 Å². The maximum Gasteiger partial charge on any atom is 0.263 e. The molecule has 0 spiro atoms. The van der Waals surface area contributed by atoms with Crippen LogP contribution in [-0.4, -0.2) is 37.4 Å². The van der Waals surface area contributed by atoms with Crippen molar-refractivity contribution in [2.75, 3.05) is 0 Å². The van der Waals surface area contributed by atoms with Crippen molar-refractivity contribution in [3.8, 4) is 0 Å². The summed E-state index contributed by atoms with van der Waals surface area (Å²) in [5.74, 6) is -0.271. The minimum Gasteiger partial charge on any atom is -0.384 e. The second-order valence-electron chi connectivity index (χ2n) is 5.79. The predicted octanol–water partition coefficient (Wildman–Crippen LogP) is 1.24. The number of hydrogen-bond donors (Lipinski definition) is 6.